The lowest BCUT2D eigenvalue weighted by Gasteiger charge is -2.03. The van der Waals surface area contributed by atoms with Crippen LogP contribution in [0, 0.1) is 5.82 Å². The number of halogens is 1. The number of anilines is 1. The van der Waals surface area contributed by atoms with Crippen molar-refractivity contribution in [2.75, 3.05) is 5.73 Å². The van der Waals surface area contributed by atoms with Gasteiger partial charge in [0, 0.05) is 16.1 Å². The fourth-order valence-corrected chi connectivity index (χ4v) is 2.61. The molecule has 0 aliphatic carbocycles. The highest BCUT2D eigenvalue weighted by Crippen LogP contribution is 2.29. The molecule has 0 amide bonds. The zero-order valence-corrected chi connectivity index (χ0v) is 11.8. The SMILES string of the molecule is Nc1ccc(F)cc1SCc1nnc(-c2ccccc2)o1. The van der Waals surface area contributed by atoms with Gasteiger partial charge in [0.2, 0.25) is 11.8 Å². The summed E-state index contributed by atoms with van der Waals surface area (Å²) in [4.78, 5) is 0.662. The smallest absolute Gasteiger partial charge is 0.247 e. The first kappa shape index (κ1) is 13.6. The average molecular weight is 301 g/mol. The van der Waals surface area contributed by atoms with Gasteiger partial charge in [-0.3, -0.25) is 0 Å². The molecule has 0 aliphatic rings. The molecule has 1 heterocycles. The Labute approximate surface area is 125 Å². The largest absolute Gasteiger partial charge is 0.420 e. The van der Waals surface area contributed by atoms with Crippen LogP contribution in [0.3, 0.4) is 0 Å². The molecule has 4 nitrogen and oxygen atoms in total. The van der Waals surface area contributed by atoms with E-state index in [4.69, 9.17) is 10.2 Å². The van der Waals surface area contributed by atoms with Gasteiger partial charge in [0.05, 0.1) is 5.75 Å². The first-order valence-corrected chi connectivity index (χ1v) is 7.26. The Bertz CT molecular complexity index is 746. The maximum atomic E-state index is 13.2. The van der Waals surface area contributed by atoms with E-state index in [2.05, 4.69) is 10.2 Å². The normalized spacial score (nSPS) is 10.7. The Morgan fingerprint density at radius 1 is 1.10 bits per heavy atom. The zero-order valence-electron chi connectivity index (χ0n) is 11.0. The van der Waals surface area contributed by atoms with Crippen molar-refractivity contribution in [2.45, 2.75) is 10.6 Å². The van der Waals surface area contributed by atoms with E-state index < -0.39 is 0 Å². The van der Waals surface area contributed by atoms with Crippen LogP contribution in [0.4, 0.5) is 10.1 Å². The van der Waals surface area contributed by atoms with E-state index in [9.17, 15) is 4.39 Å². The highest BCUT2D eigenvalue weighted by molar-refractivity contribution is 7.98. The van der Waals surface area contributed by atoms with Crippen molar-refractivity contribution in [2.24, 2.45) is 0 Å². The third-order valence-electron chi connectivity index (χ3n) is 2.81. The molecule has 3 rings (SSSR count). The van der Waals surface area contributed by atoms with Crippen LogP contribution < -0.4 is 5.73 Å². The summed E-state index contributed by atoms with van der Waals surface area (Å²) in [5, 5.41) is 7.99. The van der Waals surface area contributed by atoms with Crippen molar-refractivity contribution >= 4 is 17.4 Å². The predicted octanol–water partition coefficient (Wildman–Crippen LogP) is 3.75. The van der Waals surface area contributed by atoms with Crippen LogP contribution in [-0.4, -0.2) is 10.2 Å². The van der Waals surface area contributed by atoms with Gasteiger partial charge in [0.15, 0.2) is 0 Å². The Hall–Kier alpha value is -2.34. The lowest BCUT2D eigenvalue weighted by molar-refractivity contribution is 0.528. The van der Waals surface area contributed by atoms with Crippen LogP contribution in [0.2, 0.25) is 0 Å². The molecule has 0 spiro atoms. The number of nitrogen functional groups attached to an aromatic ring is 1. The fourth-order valence-electron chi connectivity index (χ4n) is 1.78. The molecule has 0 bridgehead atoms. The number of hydrogen-bond acceptors (Lipinski definition) is 5. The number of nitrogens with two attached hydrogens (primary N) is 1. The minimum Gasteiger partial charge on any atom is -0.420 e. The summed E-state index contributed by atoms with van der Waals surface area (Å²) in [7, 11) is 0. The molecule has 0 fully saturated rings. The molecule has 0 radical (unpaired) electrons. The third kappa shape index (κ3) is 3.22. The standard InChI is InChI=1S/C15H12FN3OS/c16-11-6-7-12(17)13(8-11)21-9-14-18-19-15(20-14)10-4-2-1-3-5-10/h1-8H,9,17H2. The monoisotopic (exact) mass is 301 g/mol. The van der Waals surface area contributed by atoms with E-state index in [0.717, 1.165) is 5.56 Å². The topological polar surface area (TPSA) is 64.9 Å². The molecule has 0 aliphatic heterocycles. The Kier molecular flexibility index (Phi) is 3.87. The first-order valence-electron chi connectivity index (χ1n) is 6.28. The van der Waals surface area contributed by atoms with Gasteiger partial charge in [-0.25, -0.2) is 4.39 Å². The Morgan fingerprint density at radius 3 is 2.71 bits per heavy atom. The molecule has 2 aromatic carbocycles. The molecule has 0 atom stereocenters. The Morgan fingerprint density at radius 2 is 1.90 bits per heavy atom. The van der Waals surface area contributed by atoms with Crippen LogP contribution >= 0.6 is 11.8 Å². The van der Waals surface area contributed by atoms with E-state index in [-0.39, 0.29) is 5.82 Å². The zero-order chi connectivity index (χ0) is 14.7. The summed E-state index contributed by atoms with van der Waals surface area (Å²) in [6.45, 7) is 0. The van der Waals surface area contributed by atoms with Gasteiger partial charge in [-0.1, -0.05) is 18.2 Å². The molecular formula is C15H12FN3OS. The molecular weight excluding hydrogens is 289 g/mol. The second-order valence-electron chi connectivity index (χ2n) is 4.34. The van der Waals surface area contributed by atoms with E-state index >= 15 is 0 Å². The number of rotatable bonds is 4. The summed E-state index contributed by atoms with van der Waals surface area (Å²) < 4.78 is 18.8. The third-order valence-corrected chi connectivity index (χ3v) is 3.87. The summed E-state index contributed by atoms with van der Waals surface area (Å²) in [6.07, 6.45) is 0. The molecule has 3 aromatic rings. The van der Waals surface area contributed by atoms with Crippen molar-refractivity contribution in [3.63, 3.8) is 0 Å². The molecule has 0 unspecified atom stereocenters. The van der Waals surface area contributed by atoms with Crippen molar-refractivity contribution in [1.29, 1.82) is 0 Å². The maximum Gasteiger partial charge on any atom is 0.247 e. The summed E-state index contributed by atoms with van der Waals surface area (Å²) in [6, 6.07) is 13.8. The molecule has 6 heteroatoms. The first-order chi connectivity index (χ1) is 10.2. The second kappa shape index (κ2) is 5.97. The molecule has 0 saturated carbocycles. The van der Waals surface area contributed by atoms with Crippen LogP contribution in [0.15, 0.2) is 57.8 Å². The number of hydrogen-bond donors (Lipinski definition) is 1. The van der Waals surface area contributed by atoms with Crippen LogP contribution in [0.5, 0.6) is 0 Å². The molecule has 0 saturated heterocycles. The van der Waals surface area contributed by atoms with Gasteiger partial charge >= 0.3 is 0 Å². The van der Waals surface area contributed by atoms with Gasteiger partial charge in [-0.2, -0.15) is 0 Å². The second-order valence-corrected chi connectivity index (χ2v) is 5.35. The number of thioether (sulfide) groups is 1. The molecule has 106 valence electrons. The van der Waals surface area contributed by atoms with Gasteiger partial charge in [-0.05, 0) is 30.3 Å². The molecule has 1 aromatic heterocycles. The van der Waals surface area contributed by atoms with Gasteiger partial charge < -0.3 is 10.2 Å². The summed E-state index contributed by atoms with van der Waals surface area (Å²) >= 11 is 1.36. The van der Waals surface area contributed by atoms with Gasteiger partial charge in [0.25, 0.3) is 0 Å². The Balaban J connectivity index is 1.72. The summed E-state index contributed by atoms with van der Waals surface area (Å²) in [5.74, 6) is 1.07. The minimum atomic E-state index is -0.317. The lowest BCUT2D eigenvalue weighted by atomic mass is 10.2. The highest BCUT2D eigenvalue weighted by Gasteiger charge is 2.10. The van der Waals surface area contributed by atoms with Crippen LogP contribution in [0.1, 0.15) is 5.89 Å². The van der Waals surface area contributed by atoms with E-state index in [1.54, 1.807) is 6.07 Å². The van der Waals surface area contributed by atoms with Crippen molar-refractivity contribution in [3.8, 4) is 11.5 Å². The van der Waals surface area contributed by atoms with Gasteiger partial charge in [-0.15, -0.1) is 22.0 Å². The van der Waals surface area contributed by atoms with E-state index in [1.807, 2.05) is 30.3 Å². The molecule has 2 N–H and O–H groups in total. The van der Waals surface area contributed by atoms with E-state index in [0.29, 0.717) is 28.1 Å². The number of nitrogens with zero attached hydrogens (tertiary/aromatic N) is 2. The highest BCUT2D eigenvalue weighted by atomic mass is 32.2. The lowest BCUT2D eigenvalue weighted by Crippen LogP contribution is -1.90. The predicted molar refractivity (Wildman–Crippen MR) is 80.1 cm³/mol. The van der Waals surface area contributed by atoms with Crippen LogP contribution in [-0.2, 0) is 5.75 Å². The van der Waals surface area contributed by atoms with E-state index in [1.165, 1.54) is 23.9 Å². The molecule has 21 heavy (non-hydrogen) atoms. The van der Waals surface area contributed by atoms with Gasteiger partial charge in [0.1, 0.15) is 5.82 Å². The number of benzene rings is 2. The van der Waals surface area contributed by atoms with Crippen molar-refractivity contribution in [3.05, 3.63) is 60.2 Å². The maximum absolute atomic E-state index is 13.2. The fraction of sp³-hybridized carbons (Fsp3) is 0.0667. The minimum absolute atomic E-state index is 0.317. The van der Waals surface area contributed by atoms with Crippen molar-refractivity contribution < 1.29 is 8.81 Å². The van der Waals surface area contributed by atoms with Crippen molar-refractivity contribution in [1.82, 2.24) is 10.2 Å². The van der Waals surface area contributed by atoms with Crippen LogP contribution in [0.25, 0.3) is 11.5 Å². The quantitative estimate of drug-likeness (QED) is 0.587. The summed E-state index contributed by atoms with van der Waals surface area (Å²) in [5.41, 5.74) is 7.19. The number of aromatic nitrogens is 2. The average Bonchev–Trinajstić information content (AvgIpc) is 2.98.